The van der Waals surface area contributed by atoms with E-state index < -0.39 is 0 Å². The lowest BCUT2D eigenvalue weighted by molar-refractivity contribution is -0.113. The van der Waals surface area contributed by atoms with Gasteiger partial charge in [0.1, 0.15) is 5.01 Å². The van der Waals surface area contributed by atoms with E-state index in [1.165, 1.54) is 69.4 Å². The van der Waals surface area contributed by atoms with Gasteiger partial charge in [-0.3, -0.25) is 9.59 Å². The fourth-order valence-electron chi connectivity index (χ4n) is 3.13. The minimum atomic E-state index is -0.131. The summed E-state index contributed by atoms with van der Waals surface area (Å²) >= 11 is 1.51. The largest absolute Gasteiger partial charge is 0.364 e. The van der Waals surface area contributed by atoms with Crippen molar-refractivity contribution in [1.29, 1.82) is 0 Å². The van der Waals surface area contributed by atoms with E-state index in [1.807, 2.05) is 37.6 Å². The zero-order valence-corrected chi connectivity index (χ0v) is 28.3. The summed E-state index contributed by atoms with van der Waals surface area (Å²) in [6.45, 7) is 24.5. The van der Waals surface area contributed by atoms with Gasteiger partial charge in [-0.2, -0.15) is 0 Å². The lowest BCUT2D eigenvalue weighted by Gasteiger charge is -2.04. The SMILES string of the molecule is C=C/C=C\c1c(-c2csc(/C(C)=C/C(=C\NC=O)C(C)=O)n2)c[nH]c1C.CCC.CCCC.CCCCC(C)CC. The van der Waals surface area contributed by atoms with Crippen LogP contribution in [0.3, 0.4) is 0 Å². The summed E-state index contributed by atoms with van der Waals surface area (Å²) in [7, 11) is 0. The van der Waals surface area contributed by atoms with Crippen LogP contribution in [-0.4, -0.2) is 22.2 Å². The van der Waals surface area contributed by atoms with Crippen LogP contribution in [0.25, 0.3) is 22.9 Å². The van der Waals surface area contributed by atoms with Crippen molar-refractivity contribution in [2.24, 2.45) is 5.92 Å². The molecule has 0 bridgehead atoms. The number of aromatic nitrogens is 2. The topological polar surface area (TPSA) is 74.8 Å². The van der Waals surface area contributed by atoms with E-state index in [0.717, 1.165) is 39.0 Å². The highest BCUT2D eigenvalue weighted by atomic mass is 32.1. The van der Waals surface area contributed by atoms with Crippen molar-refractivity contribution >= 4 is 35.2 Å². The fourth-order valence-corrected chi connectivity index (χ4v) is 3.93. The second-order valence-corrected chi connectivity index (χ2v) is 10.9. The number of nitrogens with one attached hydrogen (secondary N) is 2. The first-order valence-corrected chi connectivity index (χ1v) is 16.0. The average molecular weight is 584 g/mol. The van der Waals surface area contributed by atoms with Crippen molar-refractivity contribution in [3.63, 3.8) is 0 Å². The molecule has 5 nitrogen and oxygen atoms in total. The highest BCUT2D eigenvalue weighted by molar-refractivity contribution is 7.11. The Bertz CT molecular complexity index is 1070. The monoisotopic (exact) mass is 583 g/mol. The number of hydrogen-bond donors (Lipinski definition) is 2. The first kappa shape index (κ1) is 40.2. The second kappa shape index (κ2) is 25.9. The molecular formula is C35H57N3O2S. The third-order valence-electron chi connectivity index (χ3n) is 5.98. The van der Waals surface area contributed by atoms with Gasteiger partial charge < -0.3 is 10.3 Å². The Balaban J connectivity index is 0. The minimum absolute atomic E-state index is 0.131. The normalized spacial score (nSPS) is 11.8. The highest BCUT2D eigenvalue weighted by Gasteiger charge is 2.13. The first-order chi connectivity index (χ1) is 19.6. The molecule has 0 aromatic carbocycles. The molecule has 1 unspecified atom stereocenters. The summed E-state index contributed by atoms with van der Waals surface area (Å²) in [6.07, 6.45) is 20.6. The summed E-state index contributed by atoms with van der Waals surface area (Å²) in [5, 5.41) is 5.21. The molecule has 2 aromatic rings. The average Bonchev–Trinajstić information content (AvgIpc) is 3.60. The Hall–Kier alpha value is -2.99. The number of carbonyl (C=O) groups is 2. The number of unbranched alkanes of at least 4 members (excludes halogenated alkanes) is 2. The molecular weight excluding hydrogens is 526 g/mol. The number of aryl methyl sites for hydroxylation is 1. The summed E-state index contributed by atoms with van der Waals surface area (Å²) in [5.41, 5.74) is 5.28. The summed E-state index contributed by atoms with van der Waals surface area (Å²) in [6, 6.07) is 0. The maximum Gasteiger partial charge on any atom is 0.211 e. The van der Waals surface area contributed by atoms with Crippen molar-refractivity contribution in [2.45, 2.75) is 114 Å². The fraction of sp³-hybridized carbons (Fsp3) is 0.514. The molecule has 0 aliphatic heterocycles. The number of amides is 1. The molecule has 41 heavy (non-hydrogen) atoms. The Kier molecular flexibility index (Phi) is 25.4. The van der Waals surface area contributed by atoms with Gasteiger partial charge in [-0.25, -0.2) is 4.98 Å². The summed E-state index contributed by atoms with van der Waals surface area (Å²) < 4.78 is 0. The number of carbonyl (C=O) groups excluding carboxylic acids is 2. The predicted octanol–water partition coefficient (Wildman–Crippen LogP) is 10.7. The van der Waals surface area contributed by atoms with E-state index >= 15 is 0 Å². The molecule has 1 amide bonds. The zero-order chi connectivity index (χ0) is 31.6. The molecule has 2 heterocycles. The molecule has 0 aliphatic rings. The number of H-pyrrole nitrogens is 1. The van der Waals surface area contributed by atoms with E-state index in [4.69, 9.17) is 4.98 Å². The number of allylic oxidation sites excluding steroid dienone is 5. The van der Waals surface area contributed by atoms with Gasteiger partial charge in [-0.05, 0) is 38.3 Å². The molecule has 0 aliphatic carbocycles. The summed E-state index contributed by atoms with van der Waals surface area (Å²) in [4.78, 5) is 30.0. The van der Waals surface area contributed by atoms with E-state index in [0.29, 0.717) is 12.0 Å². The second-order valence-electron chi connectivity index (χ2n) is 10.0. The number of ketones is 1. The Morgan fingerprint density at radius 1 is 1.12 bits per heavy atom. The number of Topliss-reactive ketones (excluding diaryl/α,β-unsaturated/α-hetero) is 1. The van der Waals surface area contributed by atoms with Crippen molar-refractivity contribution in [1.82, 2.24) is 15.3 Å². The van der Waals surface area contributed by atoms with E-state index in [-0.39, 0.29) is 5.78 Å². The molecule has 230 valence electrons. The third kappa shape index (κ3) is 18.1. The van der Waals surface area contributed by atoms with Gasteiger partial charge in [-0.15, -0.1) is 11.3 Å². The molecule has 0 saturated heterocycles. The van der Waals surface area contributed by atoms with Crippen LogP contribution in [0.4, 0.5) is 0 Å². The molecule has 2 N–H and O–H groups in total. The lowest BCUT2D eigenvalue weighted by atomic mass is 10.0. The van der Waals surface area contributed by atoms with Gasteiger partial charge in [0.05, 0.1) is 5.69 Å². The van der Waals surface area contributed by atoms with E-state index in [1.54, 1.807) is 12.2 Å². The van der Waals surface area contributed by atoms with Gasteiger partial charge in [-0.1, -0.05) is 118 Å². The van der Waals surface area contributed by atoms with Gasteiger partial charge in [0.15, 0.2) is 5.78 Å². The number of rotatable bonds is 13. The molecule has 0 spiro atoms. The van der Waals surface area contributed by atoms with Crippen LogP contribution in [0.15, 0.2) is 48.2 Å². The Labute approximate surface area is 255 Å². The number of thiazole rings is 1. The molecule has 0 saturated carbocycles. The van der Waals surface area contributed by atoms with E-state index in [2.05, 4.69) is 65.3 Å². The maximum atomic E-state index is 11.7. The number of nitrogens with zero attached hydrogens (tertiary/aromatic N) is 1. The van der Waals surface area contributed by atoms with Crippen LogP contribution < -0.4 is 5.32 Å². The lowest BCUT2D eigenvalue weighted by Crippen LogP contribution is -2.05. The van der Waals surface area contributed by atoms with Crippen LogP contribution in [0, 0.1) is 12.8 Å². The number of hydrogen-bond acceptors (Lipinski definition) is 4. The molecule has 0 radical (unpaired) electrons. The molecule has 2 aromatic heterocycles. The van der Waals surface area contributed by atoms with Gasteiger partial charge >= 0.3 is 0 Å². The van der Waals surface area contributed by atoms with Crippen LogP contribution in [0.5, 0.6) is 0 Å². The van der Waals surface area contributed by atoms with Crippen LogP contribution in [0.1, 0.15) is 124 Å². The molecule has 1 atom stereocenters. The predicted molar refractivity (Wildman–Crippen MR) is 183 cm³/mol. The van der Waals surface area contributed by atoms with Gasteiger partial charge in [0, 0.05) is 40.2 Å². The van der Waals surface area contributed by atoms with Crippen LogP contribution in [0.2, 0.25) is 0 Å². The van der Waals surface area contributed by atoms with Crippen LogP contribution >= 0.6 is 11.3 Å². The highest BCUT2D eigenvalue weighted by Crippen LogP contribution is 2.31. The third-order valence-corrected chi connectivity index (χ3v) is 6.95. The van der Waals surface area contributed by atoms with Crippen molar-refractivity contribution in [3.05, 3.63) is 64.4 Å². The Morgan fingerprint density at radius 2 is 1.76 bits per heavy atom. The zero-order valence-electron chi connectivity index (χ0n) is 27.5. The standard InChI is InChI=1S/C20H21N3O2S.C8H18.C4H10.C3H8/c1-5-6-7-17-14(3)22-10-18(17)19-11-26-20(23-19)13(2)8-16(15(4)25)9-21-12-24;1-4-6-7-8(3)5-2;1-3-4-2;1-3-2/h5-12,22H,1H2,2-4H3,(H,21,24);8H,4-7H2,1-3H3;3-4H2,1-2H3;3H2,1-2H3/b7-6-,13-8+,16-9+;;;. The van der Waals surface area contributed by atoms with Gasteiger partial charge in [0.25, 0.3) is 0 Å². The van der Waals surface area contributed by atoms with Crippen LogP contribution in [-0.2, 0) is 9.59 Å². The van der Waals surface area contributed by atoms with E-state index in [9.17, 15) is 9.59 Å². The molecule has 2 rings (SSSR count). The van der Waals surface area contributed by atoms with Crippen molar-refractivity contribution < 1.29 is 9.59 Å². The first-order valence-electron chi connectivity index (χ1n) is 15.1. The van der Waals surface area contributed by atoms with Crippen molar-refractivity contribution in [2.75, 3.05) is 0 Å². The van der Waals surface area contributed by atoms with Crippen molar-refractivity contribution in [3.8, 4) is 11.3 Å². The quantitative estimate of drug-likeness (QED) is 0.140. The smallest absolute Gasteiger partial charge is 0.211 e. The maximum absolute atomic E-state index is 11.7. The Morgan fingerprint density at radius 3 is 2.24 bits per heavy atom. The minimum Gasteiger partial charge on any atom is -0.364 e. The van der Waals surface area contributed by atoms with Gasteiger partial charge in [0.2, 0.25) is 6.41 Å². The summed E-state index contributed by atoms with van der Waals surface area (Å²) in [5.74, 6) is 0.823. The molecule has 6 heteroatoms. The molecule has 0 fully saturated rings. The number of aromatic amines is 1.